The Balaban J connectivity index is 1.75. The monoisotopic (exact) mass is 526 g/mol. The van der Waals surface area contributed by atoms with Gasteiger partial charge in [0.05, 0.1) is 0 Å². The number of aromatic hydroxyl groups is 2. The van der Waals surface area contributed by atoms with E-state index in [1.165, 1.54) is 32.9 Å². The Labute approximate surface area is 231 Å². The molecule has 0 aromatic heterocycles. The summed E-state index contributed by atoms with van der Waals surface area (Å²) in [7, 11) is -1.10. The van der Waals surface area contributed by atoms with Gasteiger partial charge in [-0.25, -0.2) is 0 Å². The zero-order chi connectivity index (χ0) is 27.3. The van der Waals surface area contributed by atoms with Crippen molar-refractivity contribution >= 4 is 45.4 Å². The highest BCUT2D eigenvalue weighted by atomic mass is 31.1. The van der Waals surface area contributed by atoms with Crippen LogP contribution in [0.4, 0.5) is 0 Å². The fraction of sp³-hybridized carbons (Fsp3) is 0.111. The number of fused-ring (bicyclic) bond motifs is 2. The minimum Gasteiger partial charge on any atom is -0.507 e. The van der Waals surface area contributed by atoms with E-state index < -0.39 is 7.92 Å². The van der Waals surface area contributed by atoms with Gasteiger partial charge in [-0.2, -0.15) is 0 Å². The zero-order valence-electron chi connectivity index (χ0n) is 22.7. The van der Waals surface area contributed by atoms with Crippen molar-refractivity contribution in [2.75, 3.05) is 0 Å². The lowest BCUT2D eigenvalue weighted by atomic mass is 9.92. The van der Waals surface area contributed by atoms with Gasteiger partial charge < -0.3 is 10.2 Å². The van der Waals surface area contributed by atoms with Gasteiger partial charge in [-0.3, -0.25) is 0 Å². The Morgan fingerprint density at radius 2 is 0.974 bits per heavy atom. The highest BCUT2D eigenvalue weighted by molar-refractivity contribution is 7.80. The number of rotatable bonds is 4. The molecule has 0 atom stereocenters. The van der Waals surface area contributed by atoms with Gasteiger partial charge in [-0.15, -0.1) is 0 Å². The van der Waals surface area contributed by atoms with Gasteiger partial charge in [0, 0.05) is 16.4 Å². The summed E-state index contributed by atoms with van der Waals surface area (Å²) < 4.78 is 0. The second kappa shape index (κ2) is 9.88. The van der Waals surface area contributed by atoms with Crippen LogP contribution in [0.2, 0.25) is 0 Å². The Bertz CT molecular complexity index is 1790. The first kappa shape index (κ1) is 25.2. The van der Waals surface area contributed by atoms with Gasteiger partial charge >= 0.3 is 0 Å². The molecule has 0 saturated heterocycles. The molecular weight excluding hydrogens is 495 g/mol. The third-order valence-electron chi connectivity index (χ3n) is 7.33. The van der Waals surface area contributed by atoms with Crippen LogP contribution in [0.15, 0.2) is 103 Å². The summed E-state index contributed by atoms with van der Waals surface area (Å²) >= 11 is 0. The van der Waals surface area contributed by atoms with Crippen LogP contribution in [-0.2, 0) is 0 Å². The van der Waals surface area contributed by atoms with Crippen LogP contribution in [-0.4, -0.2) is 10.2 Å². The van der Waals surface area contributed by atoms with Crippen LogP contribution in [0.5, 0.6) is 11.5 Å². The minimum atomic E-state index is -1.10. The van der Waals surface area contributed by atoms with E-state index in [0.29, 0.717) is 11.1 Å². The smallest absolute Gasteiger partial charge is 0.132 e. The molecule has 0 radical (unpaired) electrons. The van der Waals surface area contributed by atoms with Crippen LogP contribution in [0.3, 0.4) is 0 Å². The zero-order valence-corrected chi connectivity index (χ0v) is 23.6. The molecule has 2 N–H and O–H groups in total. The third kappa shape index (κ3) is 4.56. The first-order valence-electron chi connectivity index (χ1n) is 13.2. The van der Waals surface area contributed by atoms with Crippen molar-refractivity contribution in [1.29, 1.82) is 0 Å². The fourth-order valence-electron chi connectivity index (χ4n) is 5.85. The summed E-state index contributed by atoms with van der Waals surface area (Å²) in [4.78, 5) is 0. The molecule has 0 fully saturated rings. The maximum absolute atomic E-state index is 12.3. The van der Waals surface area contributed by atoms with Gasteiger partial charge in [-0.05, 0) is 79.9 Å². The van der Waals surface area contributed by atoms with Gasteiger partial charge in [0.15, 0.2) is 0 Å². The molecule has 2 nitrogen and oxygen atoms in total. The Kier molecular flexibility index (Phi) is 6.37. The fourth-order valence-corrected chi connectivity index (χ4v) is 8.63. The molecule has 0 heterocycles. The maximum Gasteiger partial charge on any atom is 0.132 e. The van der Waals surface area contributed by atoms with E-state index in [2.05, 4.69) is 76.2 Å². The number of hydrogen-bond donors (Lipinski definition) is 2. The summed E-state index contributed by atoms with van der Waals surface area (Å²) in [6.45, 7) is 8.52. The molecule has 39 heavy (non-hydrogen) atoms. The van der Waals surface area contributed by atoms with E-state index >= 15 is 0 Å². The number of hydrogen-bond acceptors (Lipinski definition) is 2. The van der Waals surface area contributed by atoms with Crippen LogP contribution in [0.25, 0.3) is 32.7 Å². The second-order valence-electron chi connectivity index (χ2n) is 10.5. The van der Waals surface area contributed by atoms with Crippen molar-refractivity contribution in [3.05, 3.63) is 125 Å². The van der Waals surface area contributed by atoms with Gasteiger partial charge in [-0.1, -0.05) is 113 Å². The van der Waals surface area contributed by atoms with Crippen LogP contribution in [0, 0.1) is 27.7 Å². The average molecular weight is 527 g/mol. The largest absolute Gasteiger partial charge is 0.507 e. The number of benzene rings is 6. The van der Waals surface area contributed by atoms with E-state index in [-0.39, 0.29) is 11.5 Å². The Hall–Kier alpha value is -4.13. The van der Waals surface area contributed by atoms with Crippen molar-refractivity contribution in [1.82, 2.24) is 0 Å². The molecule has 0 spiro atoms. The number of aryl methyl sites for hydroxylation is 4. The summed E-state index contributed by atoms with van der Waals surface area (Å²) in [6.07, 6.45) is 0. The molecule has 0 aliphatic heterocycles. The van der Waals surface area contributed by atoms with E-state index in [1.807, 2.05) is 48.5 Å². The topological polar surface area (TPSA) is 40.5 Å². The predicted molar refractivity (Wildman–Crippen MR) is 168 cm³/mol. The molecule has 0 amide bonds. The molecule has 3 heteroatoms. The minimum absolute atomic E-state index is 0.161. The molecular formula is C36H31O2P. The molecule has 192 valence electrons. The molecule has 0 saturated carbocycles. The van der Waals surface area contributed by atoms with Crippen molar-refractivity contribution in [2.45, 2.75) is 27.7 Å². The lowest BCUT2D eigenvalue weighted by Crippen LogP contribution is -2.22. The molecule has 0 aliphatic carbocycles. The van der Waals surface area contributed by atoms with Gasteiger partial charge in [0.1, 0.15) is 11.5 Å². The van der Waals surface area contributed by atoms with E-state index in [1.54, 1.807) is 6.07 Å². The van der Waals surface area contributed by atoms with Crippen LogP contribution < -0.4 is 15.9 Å². The summed E-state index contributed by atoms with van der Waals surface area (Å²) in [5.74, 6) is 0.387. The quantitative estimate of drug-likeness (QED) is 0.228. The molecule has 6 rings (SSSR count). The maximum atomic E-state index is 12.3. The van der Waals surface area contributed by atoms with Crippen molar-refractivity contribution < 1.29 is 10.2 Å². The normalized spacial score (nSPS) is 11.5. The Morgan fingerprint density at radius 3 is 1.54 bits per heavy atom. The molecule has 6 aromatic rings. The second-order valence-corrected chi connectivity index (χ2v) is 12.7. The van der Waals surface area contributed by atoms with Crippen molar-refractivity contribution in [2.24, 2.45) is 0 Å². The number of phenolic OH excluding ortho intramolecular Hbond substituents is 2. The average Bonchev–Trinajstić information content (AvgIpc) is 2.89. The first-order chi connectivity index (χ1) is 18.8. The Morgan fingerprint density at radius 1 is 0.487 bits per heavy atom. The highest BCUT2D eigenvalue weighted by Crippen LogP contribution is 2.48. The predicted octanol–water partition coefficient (Wildman–Crippen LogP) is 8.06. The lowest BCUT2D eigenvalue weighted by Gasteiger charge is -2.25. The third-order valence-corrected chi connectivity index (χ3v) is 9.70. The first-order valence-corrected chi connectivity index (χ1v) is 14.6. The number of phenols is 2. The van der Waals surface area contributed by atoms with Crippen molar-refractivity contribution in [3.8, 4) is 22.6 Å². The summed E-state index contributed by atoms with van der Waals surface area (Å²) in [5, 5.41) is 30.7. The summed E-state index contributed by atoms with van der Waals surface area (Å²) in [5.41, 5.74) is 6.16. The van der Waals surface area contributed by atoms with Crippen LogP contribution >= 0.6 is 7.92 Å². The molecule has 0 bridgehead atoms. The standard InChI is InChI=1S/C36H31O2P/c1-22-15-23(2)18-28(17-22)39(29-19-24(3)16-25(4)20-29)33-21-27-10-6-8-12-31(27)35(36(33)38)34-30-11-7-5-9-26(30)13-14-32(34)37/h5-21,37-38H,1-4H3. The van der Waals surface area contributed by atoms with Gasteiger partial charge in [0.2, 0.25) is 0 Å². The molecule has 0 aliphatic rings. The van der Waals surface area contributed by atoms with Crippen LogP contribution in [0.1, 0.15) is 22.3 Å². The summed E-state index contributed by atoms with van der Waals surface area (Å²) in [6, 6.07) is 35.4. The molecule has 6 aromatic carbocycles. The van der Waals surface area contributed by atoms with Gasteiger partial charge in [0.25, 0.3) is 0 Å². The lowest BCUT2D eigenvalue weighted by molar-refractivity contribution is 0.472. The van der Waals surface area contributed by atoms with E-state index in [9.17, 15) is 10.2 Å². The van der Waals surface area contributed by atoms with E-state index in [4.69, 9.17) is 0 Å². The SMILES string of the molecule is Cc1cc(C)cc(P(c2cc(C)cc(C)c2)c2cc3ccccc3c(-c3c(O)ccc4ccccc34)c2O)c1. The van der Waals surface area contributed by atoms with E-state index in [0.717, 1.165) is 26.8 Å². The van der Waals surface area contributed by atoms with Crippen molar-refractivity contribution in [3.63, 3.8) is 0 Å². The molecule has 0 unspecified atom stereocenters. The highest BCUT2D eigenvalue weighted by Gasteiger charge is 2.26.